The van der Waals surface area contributed by atoms with Crippen LogP contribution in [-0.4, -0.2) is 54.6 Å². The van der Waals surface area contributed by atoms with E-state index in [1.165, 1.54) is 0 Å². The summed E-state index contributed by atoms with van der Waals surface area (Å²) in [6, 6.07) is 1.01. The Bertz CT molecular complexity index is 202. The fourth-order valence-corrected chi connectivity index (χ4v) is 1.68. The van der Waals surface area contributed by atoms with Crippen molar-refractivity contribution in [2.45, 2.75) is 19.0 Å². The Balaban J connectivity index is 2.03. The highest BCUT2D eigenvalue weighted by molar-refractivity contribution is 5.77. The molecule has 2 saturated heterocycles. The summed E-state index contributed by atoms with van der Waals surface area (Å²) in [4.78, 5) is 15.4. The van der Waals surface area contributed by atoms with Crippen LogP contribution >= 0.6 is 0 Å². The van der Waals surface area contributed by atoms with Gasteiger partial charge in [0.2, 0.25) is 0 Å². The molecule has 1 unspecified atom stereocenters. The Morgan fingerprint density at radius 1 is 1.50 bits per heavy atom. The van der Waals surface area contributed by atoms with Gasteiger partial charge < -0.3 is 15.1 Å². The van der Waals surface area contributed by atoms with Crippen LogP contribution < -0.4 is 5.32 Å². The van der Waals surface area contributed by atoms with E-state index < -0.39 is 0 Å². The molecule has 0 bridgehead atoms. The number of amides is 2. The first kappa shape index (κ1) is 7.86. The van der Waals surface area contributed by atoms with Gasteiger partial charge in [-0.25, -0.2) is 4.79 Å². The lowest BCUT2D eigenvalue weighted by molar-refractivity contribution is 0.162. The summed E-state index contributed by atoms with van der Waals surface area (Å²) in [5.41, 5.74) is 0. The van der Waals surface area contributed by atoms with Gasteiger partial charge >= 0.3 is 6.03 Å². The van der Waals surface area contributed by atoms with E-state index in [1.54, 1.807) is 0 Å². The molecular formula is C8H15N3O. The minimum Gasteiger partial charge on any atom is -0.323 e. The molecule has 0 aromatic carbocycles. The molecule has 2 amide bonds. The van der Waals surface area contributed by atoms with Crippen LogP contribution in [0.4, 0.5) is 4.79 Å². The molecule has 1 atom stereocenters. The van der Waals surface area contributed by atoms with E-state index in [9.17, 15) is 4.79 Å². The molecule has 0 aliphatic carbocycles. The fourth-order valence-electron chi connectivity index (χ4n) is 1.68. The third-order valence-electron chi connectivity index (χ3n) is 2.87. The average molecular weight is 169 g/mol. The van der Waals surface area contributed by atoms with Gasteiger partial charge in [-0.15, -0.1) is 0 Å². The van der Waals surface area contributed by atoms with Crippen LogP contribution in [0.15, 0.2) is 0 Å². The molecule has 4 heteroatoms. The highest BCUT2D eigenvalue weighted by Crippen LogP contribution is 2.17. The molecule has 12 heavy (non-hydrogen) atoms. The van der Waals surface area contributed by atoms with Crippen LogP contribution in [0.3, 0.4) is 0 Å². The standard InChI is InChI=1S/C8H15N3O/c1-6-5-11(7-3-9-4-7)8(12)10(6)2/h6-7,9H,3-5H2,1-2H3. The number of urea groups is 1. The zero-order chi connectivity index (χ0) is 8.72. The van der Waals surface area contributed by atoms with Crippen LogP contribution in [0, 0.1) is 0 Å². The molecule has 1 N–H and O–H groups in total. The van der Waals surface area contributed by atoms with Gasteiger partial charge in [-0.3, -0.25) is 0 Å². The van der Waals surface area contributed by atoms with E-state index in [2.05, 4.69) is 12.2 Å². The first-order valence-electron chi connectivity index (χ1n) is 4.44. The maximum absolute atomic E-state index is 11.6. The van der Waals surface area contributed by atoms with Gasteiger partial charge in [0, 0.05) is 32.7 Å². The van der Waals surface area contributed by atoms with Gasteiger partial charge in [0.1, 0.15) is 0 Å². The molecule has 0 aromatic heterocycles. The van der Waals surface area contributed by atoms with Crippen LogP contribution in [0.25, 0.3) is 0 Å². The molecule has 2 fully saturated rings. The topological polar surface area (TPSA) is 35.6 Å². The quantitative estimate of drug-likeness (QED) is 0.585. The minimum absolute atomic E-state index is 0.189. The number of hydrogen-bond acceptors (Lipinski definition) is 2. The van der Waals surface area contributed by atoms with Crippen molar-refractivity contribution in [3.8, 4) is 0 Å². The first-order valence-corrected chi connectivity index (χ1v) is 4.44. The number of carbonyl (C=O) groups is 1. The Labute approximate surface area is 72.5 Å². The van der Waals surface area contributed by atoms with Crippen molar-refractivity contribution >= 4 is 6.03 Å². The molecular weight excluding hydrogens is 154 g/mol. The van der Waals surface area contributed by atoms with Crippen LogP contribution in [-0.2, 0) is 0 Å². The highest BCUT2D eigenvalue weighted by Gasteiger charge is 2.38. The Hall–Kier alpha value is -0.770. The van der Waals surface area contributed by atoms with Crippen molar-refractivity contribution in [2.24, 2.45) is 0 Å². The molecule has 0 saturated carbocycles. The lowest BCUT2D eigenvalue weighted by Crippen LogP contribution is -2.57. The van der Waals surface area contributed by atoms with Crippen molar-refractivity contribution in [3.63, 3.8) is 0 Å². The van der Waals surface area contributed by atoms with E-state index in [1.807, 2.05) is 16.8 Å². The zero-order valence-electron chi connectivity index (χ0n) is 7.58. The van der Waals surface area contributed by atoms with Crippen LogP contribution in [0.1, 0.15) is 6.92 Å². The number of nitrogens with one attached hydrogen (secondary N) is 1. The maximum Gasteiger partial charge on any atom is 0.320 e. The monoisotopic (exact) mass is 169 g/mol. The molecule has 2 heterocycles. The van der Waals surface area contributed by atoms with Gasteiger partial charge in [0.15, 0.2) is 0 Å². The summed E-state index contributed by atoms with van der Waals surface area (Å²) in [6.07, 6.45) is 0. The summed E-state index contributed by atoms with van der Waals surface area (Å²) in [7, 11) is 1.87. The molecule has 2 rings (SSSR count). The van der Waals surface area contributed by atoms with Crippen molar-refractivity contribution in [1.82, 2.24) is 15.1 Å². The van der Waals surface area contributed by atoms with E-state index in [-0.39, 0.29) is 6.03 Å². The van der Waals surface area contributed by atoms with Gasteiger partial charge in [0.05, 0.1) is 6.04 Å². The van der Waals surface area contributed by atoms with E-state index in [4.69, 9.17) is 0 Å². The molecule has 0 spiro atoms. The number of hydrogen-bond donors (Lipinski definition) is 1. The highest BCUT2D eigenvalue weighted by atomic mass is 16.2. The van der Waals surface area contributed by atoms with Gasteiger partial charge in [-0.05, 0) is 6.92 Å². The predicted molar refractivity (Wildman–Crippen MR) is 46.0 cm³/mol. The van der Waals surface area contributed by atoms with Gasteiger partial charge in [0.25, 0.3) is 0 Å². The number of nitrogens with zero attached hydrogens (tertiary/aromatic N) is 2. The Kier molecular flexibility index (Phi) is 1.72. The Morgan fingerprint density at radius 3 is 2.50 bits per heavy atom. The summed E-state index contributed by atoms with van der Waals surface area (Å²) >= 11 is 0. The Morgan fingerprint density at radius 2 is 2.17 bits per heavy atom. The van der Waals surface area contributed by atoms with Crippen LogP contribution in [0.5, 0.6) is 0 Å². The fraction of sp³-hybridized carbons (Fsp3) is 0.875. The molecule has 0 aromatic rings. The summed E-state index contributed by atoms with van der Waals surface area (Å²) in [6.45, 7) is 4.91. The molecule has 4 nitrogen and oxygen atoms in total. The third kappa shape index (κ3) is 0.982. The molecule has 2 aliphatic rings. The van der Waals surface area contributed by atoms with Crippen LogP contribution in [0.2, 0.25) is 0 Å². The first-order chi connectivity index (χ1) is 5.70. The SMILES string of the molecule is CC1CN(C2CNC2)C(=O)N1C. The number of carbonyl (C=O) groups excluding carboxylic acids is 1. The lowest BCUT2D eigenvalue weighted by atomic mass is 10.1. The summed E-state index contributed by atoms with van der Waals surface area (Å²) in [5.74, 6) is 0. The van der Waals surface area contributed by atoms with Crippen molar-refractivity contribution in [1.29, 1.82) is 0 Å². The van der Waals surface area contributed by atoms with Crippen molar-refractivity contribution in [3.05, 3.63) is 0 Å². The largest absolute Gasteiger partial charge is 0.323 e. The third-order valence-corrected chi connectivity index (χ3v) is 2.87. The molecule has 0 radical (unpaired) electrons. The minimum atomic E-state index is 0.189. The predicted octanol–water partition coefficient (Wildman–Crippen LogP) is -0.286. The lowest BCUT2D eigenvalue weighted by Gasteiger charge is -2.34. The maximum atomic E-state index is 11.6. The number of rotatable bonds is 1. The van der Waals surface area contributed by atoms with Gasteiger partial charge in [-0.1, -0.05) is 0 Å². The average Bonchev–Trinajstić information content (AvgIpc) is 2.15. The molecule has 2 aliphatic heterocycles. The second-order valence-electron chi connectivity index (χ2n) is 3.71. The number of likely N-dealkylation sites (N-methyl/N-ethyl adjacent to an activating group) is 1. The smallest absolute Gasteiger partial charge is 0.320 e. The van der Waals surface area contributed by atoms with E-state index in [0.29, 0.717) is 12.1 Å². The second-order valence-corrected chi connectivity index (χ2v) is 3.71. The molecule has 68 valence electrons. The van der Waals surface area contributed by atoms with E-state index in [0.717, 1.165) is 19.6 Å². The summed E-state index contributed by atoms with van der Waals surface area (Å²) < 4.78 is 0. The zero-order valence-corrected chi connectivity index (χ0v) is 7.58. The van der Waals surface area contributed by atoms with E-state index >= 15 is 0 Å². The van der Waals surface area contributed by atoms with Crippen molar-refractivity contribution < 1.29 is 4.79 Å². The second kappa shape index (κ2) is 2.62. The summed E-state index contributed by atoms with van der Waals surface area (Å²) in [5, 5.41) is 3.18. The van der Waals surface area contributed by atoms with Crippen molar-refractivity contribution in [2.75, 3.05) is 26.7 Å². The normalized spacial score (nSPS) is 31.2. The van der Waals surface area contributed by atoms with Gasteiger partial charge in [-0.2, -0.15) is 0 Å².